The van der Waals surface area contributed by atoms with Crippen LogP contribution in [-0.2, 0) is 4.79 Å². The zero-order chi connectivity index (χ0) is 11.6. The third-order valence-corrected chi connectivity index (χ3v) is 4.37. The van der Waals surface area contributed by atoms with Crippen LogP contribution in [0.4, 0.5) is 0 Å². The number of hydrogen-bond acceptors (Lipinski definition) is 2. The lowest BCUT2D eigenvalue weighted by atomic mass is 9.85. The Morgan fingerprint density at radius 2 is 2.25 bits per heavy atom. The Kier molecular flexibility index (Phi) is 3.53. The minimum Gasteiger partial charge on any atom is -0.336 e. The van der Waals surface area contributed by atoms with Crippen molar-refractivity contribution in [2.24, 2.45) is 0 Å². The van der Waals surface area contributed by atoms with Crippen molar-refractivity contribution in [2.45, 2.75) is 64.0 Å². The molecule has 0 aromatic heterocycles. The summed E-state index contributed by atoms with van der Waals surface area (Å²) in [5.41, 5.74) is 0.0544. The molecule has 0 aliphatic carbocycles. The van der Waals surface area contributed by atoms with Gasteiger partial charge in [-0.3, -0.25) is 4.79 Å². The van der Waals surface area contributed by atoms with Gasteiger partial charge in [0.1, 0.15) is 0 Å². The van der Waals surface area contributed by atoms with E-state index in [1.54, 1.807) is 0 Å². The number of amides is 1. The van der Waals surface area contributed by atoms with Gasteiger partial charge in [-0.2, -0.15) is 0 Å². The molecule has 0 radical (unpaired) electrons. The molecule has 0 aromatic rings. The quantitative estimate of drug-likeness (QED) is 0.738. The molecule has 2 saturated heterocycles. The molecule has 2 heterocycles. The van der Waals surface area contributed by atoms with E-state index < -0.39 is 0 Å². The van der Waals surface area contributed by atoms with Gasteiger partial charge in [-0.1, -0.05) is 0 Å². The van der Waals surface area contributed by atoms with Gasteiger partial charge in [-0.25, -0.2) is 0 Å². The van der Waals surface area contributed by atoms with E-state index in [0.717, 1.165) is 38.8 Å². The standard InChI is InChI=1S/C13H24N2O/c1-3-15-12(16)8-6-7-11-13(15,2)9-4-5-10-14-11/h11,14H,3-10H2,1-2H3. The molecular weight excluding hydrogens is 200 g/mol. The number of fused-ring (bicyclic) bond motifs is 1. The summed E-state index contributed by atoms with van der Waals surface area (Å²) in [6.45, 7) is 6.36. The smallest absolute Gasteiger partial charge is 0.223 e. The lowest BCUT2D eigenvalue weighted by Crippen LogP contribution is -2.59. The molecule has 2 fully saturated rings. The molecule has 1 N–H and O–H groups in total. The van der Waals surface area contributed by atoms with Gasteiger partial charge in [0.05, 0.1) is 5.54 Å². The first kappa shape index (κ1) is 11.9. The van der Waals surface area contributed by atoms with Crippen molar-refractivity contribution in [3.63, 3.8) is 0 Å². The molecule has 16 heavy (non-hydrogen) atoms. The summed E-state index contributed by atoms with van der Waals surface area (Å²) >= 11 is 0. The number of rotatable bonds is 1. The normalized spacial score (nSPS) is 36.5. The molecule has 2 atom stereocenters. The second-order valence-corrected chi connectivity index (χ2v) is 5.35. The van der Waals surface area contributed by atoms with Crippen molar-refractivity contribution in [3.8, 4) is 0 Å². The predicted octanol–water partition coefficient (Wildman–Crippen LogP) is 1.92. The molecular formula is C13H24N2O. The number of hydrogen-bond donors (Lipinski definition) is 1. The Hall–Kier alpha value is -0.570. The Labute approximate surface area is 98.6 Å². The zero-order valence-corrected chi connectivity index (χ0v) is 10.6. The monoisotopic (exact) mass is 224 g/mol. The highest BCUT2D eigenvalue weighted by molar-refractivity contribution is 5.77. The molecule has 0 bridgehead atoms. The molecule has 92 valence electrons. The number of carbonyl (C=O) groups is 1. The van der Waals surface area contributed by atoms with Crippen LogP contribution in [0.25, 0.3) is 0 Å². The van der Waals surface area contributed by atoms with E-state index in [9.17, 15) is 4.79 Å². The fourth-order valence-electron chi connectivity index (χ4n) is 3.43. The lowest BCUT2D eigenvalue weighted by molar-refractivity contribution is -0.136. The molecule has 2 unspecified atom stereocenters. The topological polar surface area (TPSA) is 32.3 Å². The van der Waals surface area contributed by atoms with Crippen LogP contribution in [0.1, 0.15) is 52.4 Å². The number of likely N-dealkylation sites (N-methyl/N-ethyl adjacent to an activating group) is 1. The summed E-state index contributed by atoms with van der Waals surface area (Å²) < 4.78 is 0. The van der Waals surface area contributed by atoms with E-state index in [1.165, 1.54) is 12.8 Å². The summed E-state index contributed by atoms with van der Waals surface area (Å²) in [5.74, 6) is 0.358. The van der Waals surface area contributed by atoms with Crippen LogP contribution < -0.4 is 5.32 Å². The Balaban J connectivity index is 2.28. The number of carbonyl (C=O) groups excluding carboxylic acids is 1. The molecule has 0 aromatic carbocycles. The average molecular weight is 224 g/mol. The summed E-state index contributed by atoms with van der Waals surface area (Å²) in [7, 11) is 0. The van der Waals surface area contributed by atoms with E-state index in [1.807, 2.05) is 0 Å². The van der Waals surface area contributed by atoms with Gasteiger partial charge in [-0.15, -0.1) is 0 Å². The van der Waals surface area contributed by atoms with Gasteiger partial charge >= 0.3 is 0 Å². The van der Waals surface area contributed by atoms with Crippen molar-refractivity contribution < 1.29 is 4.79 Å². The van der Waals surface area contributed by atoms with Crippen LogP contribution in [0.3, 0.4) is 0 Å². The molecule has 3 nitrogen and oxygen atoms in total. The van der Waals surface area contributed by atoms with Crippen molar-refractivity contribution in [1.82, 2.24) is 10.2 Å². The zero-order valence-electron chi connectivity index (χ0n) is 10.6. The molecule has 2 aliphatic heterocycles. The van der Waals surface area contributed by atoms with Crippen LogP contribution in [0.2, 0.25) is 0 Å². The minimum atomic E-state index is 0.0544. The number of likely N-dealkylation sites (tertiary alicyclic amines) is 1. The van der Waals surface area contributed by atoms with Gasteiger partial charge in [-0.05, 0) is 52.5 Å². The highest BCUT2D eigenvalue weighted by Crippen LogP contribution is 2.33. The van der Waals surface area contributed by atoms with Crippen LogP contribution in [0, 0.1) is 0 Å². The molecule has 0 saturated carbocycles. The van der Waals surface area contributed by atoms with Crippen molar-refractivity contribution in [1.29, 1.82) is 0 Å². The fraction of sp³-hybridized carbons (Fsp3) is 0.923. The van der Waals surface area contributed by atoms with Gasteiger partial charge in [0.2, 0.25) is 5.91 Å². The average Bonchev–Trinajstić information content (AvgIpc) is 2.48. The van der Waals surface area contributed by atoms with Crippen LogP contribution in [0.5, 0.6) is 0 Å². The van der Waals surface area contributed by atoms with Crippen LogP contribution >= 0.6 is 0 Å². The first-order chi connectivity index (χ1) is 7.68. The maximum Gasteiger partial charge on any atom is 0.223 e. The molecule has 0 spiro atoms. The summed E-state index contributed by atoms with van der Waals surface area (Å²) in [5, 5.41) is 3.66. The maximum absolute atomic E-state index is 12.1. The number of nitrogens with zero attached hydrogens (tertiary/aromatic N) is 1. The largest absolute Gasteiger partial charge is 0.336 e. The third-order valence-electron chi connectivity index (χ3n) is 4.37. The van der Waals surface area contributed by atoms with Crippen molar-refractivity contribution >= 4 is 5.91 Å². The molecule has 1 amide bonds. The maximum atomic E-state index is 12.1. The molecule has 2 rings (SSSR count). The van der Waals surface area contributed by atoms with Crippen LogP contribution in [-0.4, -0.2) is 35.5 Å². The summed E-state index contributed by atoms with van der Waals surface area (Å²) in [6, 6.07) is 0.501. The highest BCUT2D eigenvalue weighted by Gasteiger charge is 2.43. The van der Waals surface area contributed by atoms with Gasteiger partial charge in [0.25, 0.3) is 0 Å². The van der Waals surface area contributed by atoms with Gasteiger partial charge < -0.3 is 10.2 Å². The van der Waals surface area contributed by atoms with E-state index in [2.05, 4.69) is 24.1 Å². The van der Waals surface area contributed by atoms with E-state index in [-0.39, 0.29) is 5.54 Å². The SMILES string of the molecule is CCN1C(=O)CCCC2NCCCCC21C. The van der Waals surface area contributed by atoms with Crippen LogP contribution in [0.15, 0.2) is 0 Å². The van der Waals surface area contributed by atoms with Crippen molar-refractivity contribution in [2.75, 3.05) is 13.1 Å². The summed E-state index contributed by atoms with van der Waals surface area (Å²) in [4.78, 5) is 14.2. The fourth-order valence-corrected chi connectivity index (χ4v) is 3.43. The Morgan fingerprint density at radius 3 is 3.00 bits per heavy atom. The van der Waals surface area contributed by atoms with E-state index >= 15 is 0 Å². The predicted molar refractivity (Wildman–Crippen MR) is 65.3 cm³/mol. The first-order valence-corrected chi connectivity index (χ1v) is 6.72. The Morgan fingerprint density at radius 1 is 1.44 bits per heavy atom. The number of nitrogens with one attached hydrogen (secondary N) is 1. The highest BCUT2D eigenvalue weighted by atomic mass is 16.2. The van der Waals surface area contributed by atoms with Crippen molar-refractivity contribution in [3.05, 3.63) is 0 Å². The lowest BCUT2D eigenvalue weighted by Gasteiger charge is -2.44. The Bertz CT molecular complexity index is 267. The van der Waals surface area contributed by atoms with Gasteiger partial charge in [0, 0.05) is 19.0 Å². The third kappa shape index (κ3) is 1.97. The first-order valence-electron chi connectivity index (χ1n) is 6.72. The molecule has 3 heteroatoms. The van der Waals surface area contributed by atoms with E-state index in [4.69, 9.17) is 0 Å². The molecule has 2 aliphatic rings. The minimum absolute atomic E-state index is 0.0544. The van der Waals surface area contributed by atoms with Gasteiger partial charge in [0.15, 0.2) is 0 Å². The second kappa shape index (κ2) is 4.74. The second-order valence-electron chi connectivity index (χ2n) is 5.35. The van der Waals surface area contributed by atoms with E-state index in [0.29, 0.717) is 11.9 Å². The summed E-state index contributed by atoms with van der Waals surface area (Å²) in [6.07, 6.45) is 6.58.